The average Bonchev–Trinajstić information content (AvgIpc) is 3.31. The van der Waals surface area contributed by atoms with Gasteiger partial charge in [-0.05, 0) is 65.0 Å². The molecule has 0 radical (unpaired) electrons. The molecule has 4 rings (SSSR count). The molecule has 1 amide bonds. The second kappa shape index (κ2) is 9.57. The van der Waals surface area contributed by atoms with Crippen molar-refractivity contribution in [3.05, 3.63) is 70.2 Å². The van der Waals surface area contributed by atoms with E-state index in [1.807, 2.05) is 6.07 Å². The molecule has 0 bridgehead atoms. The van der Waals surface area contributed by atoms with E-state index in [2.05, 4.69) is 52.1 Å². The molecule has 0 aliphatic heterocycles. The lowest BCUT2D eigenvalue weighted by molar-refractivity contribution is 0.0995. The minimum absolute atomic E-state index is 0.141. The van der Waals surface area contributed by atoms with Crippen molar-refractivity contribution in [3.63, 3.8) is 0 Å². The number of aryl methyl sites for hydroxylation is 1. The number of hydrogen-bond acceptors (Lipinski definition) is 5. The van der Waals surface area contributed by atoms with Gasteiger partial charge in [0.1, 0.15) is 5.76 Å². The molecule has 6 nitrogen and oxygen atoms in total. The predicted octanol–water partition coefficient (Wildman–Crippen LogP) is 6.81. The smallest absolute Gasteiger partial charge is 0.291 e. The molecule has 36 heavy (non-hydrogen) atoms. The van der Waals surface area contributed by atoms with Crippen LogP contribution in [0, 0.1) is 6.92 Å². The molecule has 1 aliphatic rings. The summed E-state index contributed by atoms with van der Waals surface area (Å²) in [4.78, 5) is 12.9. The van der Waals surface area contributed by atoms with Gasteiger partial charge in [0.2, 0.25) is 5.75 Å². The maximum Gasteiger partial charge on any atom is 0.291 e. The van der Waals surface area contributed by atoms with Crippen LogP contribution in [0.2, 0.25) is 0 Å². The van der Waals surface area contributed by atoms with Crippen LogP contribution in [0.1, 0.15) is 79.1 Å². The highest BCUT2D eigenvalue weighted by atomic mass is 16.5. The molecule has 192 valence electrons. The molecule has 1 aromatic heterocycles. The van der Waals surface area contributed by atoms with Gasteiger partial charge in [0.15, 0.2) is 17.3 Å². The Hall–Kier alpha value is -3.41. The number of rotatable bonds is 7. The number of hydrogen-bond donors (Lipinski definition) is 1. The van der Waals surface area contributed by atoms with Crippen LogP contribution in [0.5, 0.6) is 17.2 Å². The van der Waals surface area contributed by atoms with Crippen LogP contribution in [0.4, 0.5) is 5.69 Å². The fourth-order valence-corrected chi connectivity index (χ4v) is 5.09. The van der Waals surface area contributed by atoms with Gasteiger partial charge in [0.05, 0.1) is 21.3 Å². The van der Waals surface area contributed by atoms with Gasteiger partial charge in [0, 0.05) is 24.2 Å². The third-order valence-corrected chi connectivity index (χ3v) is 7.48. The first kappa shape index (κ1) is 25.7. The first-order valence-electron chi connectivity index (χ1n) is 12.3. The van der Waals surface area contributed by atoms with Gasteiger partial charge in [-0.2, -0.15) is 0 Å². The summed E-state index contributed by atoms with van der Waals surface area (Å²) in [6, 6.07) is 11.7. The molecule has 0 saturated heterocycles. The minimum Gasteiger partial charge on any atom is -0.493 e. The normalized spacial score (nSPS) is 15.7. The molecule has 1 aliphatic carbocycles. The summed E-state index contributed by atoms with van der Waals surface area (Å²) in [5.41, 5.74) is 6.18. The third kappa shape index (κ3) is 4.81. The van der Waals surface area contributed by atoms with Crippen LogP contribution in [0.3, 0.4) is 0 Å². The van der Waals surface area contributed by atoms with Crippen LogP contribution in [0.25, 0.3) is 0 Å². The van der Waals surface area contributed by atoms with Gasteiger partial charge < -0.3 is 23.9 Å². The van der Waals surface area contributed by atoms with Crippen molar-refractivity contribution in [2.24, 2.45) is 0 Å². The van der Waals surface area contributed by atoms with E-state index in [1.165, 1.54) is 56.4 Å². The summed E-state index contributed by atoms with van der Waals surface area (Å²) in [5, 5.41) is 2.86. The fraction of sp³-hybridized carbons (Fsp3) is 0.433. The zero-order valence-electron chi connectivity index (χ0n) is 22.6. The largest absolute Gasteiger partial charge is 0.493 e. The van der Waals surface area contributed by atoms with Crippen molar-refractivity contribution in [1.29, 1.82) is 0 Å². The summed E-state index contributed by atoms with van der Waals surface area (Å²) in [6.07, 6.45) is 2.99. The number of carbonyl (C=O) groups is 1. The van der Waals surface area contributed by atoms with Crippen molar-refractivity contribution in [3.8, 4) is 17.2 Å². The molecule has 0 unspecified atom stereocenters. The van der Waals surface area contributed by atoms with Gasteiger partial charge in [0.25, 0.3) is 5.91 Å². The van der Waals surface area contributed by atoms with E-state index >= 15 is 0 Å². The number of nitrogens with one attached hydrogen (secondary N) is 1. The van der Waals surface area contributed by atoms with Gasteiger partial charge in [-0.3, -0.25) is 4.79 Å². The van der Waals surface area contributed by atoms with E-state index in [-0.39, 0.29) is 22.5 Å². The van der Waals surface area contributed by atoms with Crippen molar-refractivity contribution >= 4 is 11.6 Å². The monoisotopic (exact) mass is 491 g/mol. The molecular weight excluding hydrogens is 454 g/mol. The van der Waals surface area contributed by atoms with E-state index in [1.54, 1.807) is 18.2 Å². The lowest BCUT2D eigenvalue weighted by Gasteiger charge is -2.42. The molecular formula is C30H37NO5. The number of amides is 1. The van der Waals surface area contributed by atoms with Crippen molar-refractivity contribution in [2.75, 3.05) is 26.6 Å². The number of anilines is 1. The highest BCUT2D eigenvalue weighted by Gasteiger charge is 2.37. The van der Waals surface area contributed by atoms with E-state index in [0.717, 1.165) is 5.76 Å². The molecule has 0 saturated carbocycles. The Morgan fingerprint density at radius 1 is 0.889 bits per heavy atom. The van der Waals surface area contributed by atoms with Gasteiger partial charge in [-0.15, -0.1) is 0 Å². The number of carbonyl (C=O) groups excluding carboxylic acids is 1. The molecule has 1 heterocycles. The van der Waals surface area contributed by atoms with Crippen LogP contribution >= 0.6 is 0 Å². The molecule has 0 atom stereocenters. The Bertz CT molecular complexity index is 1260. The summed E-state index contributed by atoms with van der Waals surface area (Å²) in [5.74, 6) is 2.03. The van der Waals surface area contributed by atoms with E-state index in [0.29, 0.717) is 29.4 Å². The third-order valence-electron chi connectivity index (χ3n) is 7.48. The van der Waals surface area contributed by atoms with Crippen LogP contribution in [-0.4, -0.2) is 27.2 Å². The van der Waals surface area contributed by atoms with Gasteiger partial charge >= 0.3 is 0 Å². The summed E-state index contributed by atoms with van der Waals surface area (Å²) < 4.78 is 22.1. The van der Waals surface area contributed by atoms with E-state index in [4.69, 9.17) is 18.6 Å². The molecule has 0 spiro atoms. The van der Waals surface area contributed by atoms with Crippen LogP contribution in [0.15, 0.2) is 40.8 Å². The molecule has 1 N–H and O–H groups in total. The second-order valence-electron chi connectivity index (χ2n) is 10.9. The highest BCUT2D eigenvalue weighted by Crippen LogP contribution is 2.46. The van der Waals surface area contributed by atoms with E-state index < -0.39 is 0 Å². The maximum atomic E-state index is 12.9. The van der Waals surface area contributed by atoms with Crippen molar-refractivity contribution in [2.45, 2.75) is 64.7 Å². The number of fused-ring (bicyclic) bond motifs is 1. The lowest BCUT2D eigenvalue weighted by atomic mass is 9.62. The number of benzene rings is 2. The number of methoxy groups -OCH3 is 3. The Morgan fingerprint density at radius 2 is 1.47 bits per heavy atom. The summed E-state index contributed by atoms with van der Waals surface area (Å²) in [7, 11) is 4.61. The lowest BCUT2D eigenvalue weighted by Crippen LogP contribution is -2.34. The van der Waals surface area contributed by atoms with Crippen LogP contribution < -0.4 is 19.5 Å². The highest BCUT2D eigenvalue weighted by molar-refractivity contribution is 6.02. The zero-order valence-corrected chi connectivity index (χ0v) is 22.6. The van der Waals surface area contributed by atoms with Crippen LogP contribution in [-0.2, 0) is 17.3 Å². The Kier molecular flexibility index (Phi) is 6.82. The molecule has 2 aromatic carbocycles. The predicted molar refractivity (Wildman–Crippen MR) is 142 cm³/mol. The maximum absolute atomic E-state index is 12.9. The van der Waals surface area contributed by atoms with Crippen molar-refractivity contribution in [1.82, 2.24) is 0 Å². The zero-order chi connectivity index (χ0) is 26.3. The van der Waals surface area contributed by atoms with Gasteiger partial charge in [-0.25, -0.2) is 0 Å². The van der Waals surface area contributed by atoms with Gasteiger partial charge in [-0.1, -0.05) is 39.8 Å². The first-order valence-corrected chi connectivity index (χ1v) is 12.3. The fourth-order valence-electron chi connectivity index (χ4n) is 5.09. The Morgan fingerprint density at radius 3 is 2.03 bits per heavy atom. The minimum atomic E-state index is -0.347. The summed E-state index contributed by atoms with van der Waals surface area (Å²) in [6.45, 7) is 11.5. The molecule has 3 aromatic rings. The summed E-state index contributed by atoms with van der Waals surface area (Å²) >= 11 is 0. The second-order valence-corrected chi connectivity index (χ2v) is 10.9. The number of ether oxygens (including phenoxy) is 3. The molecule has 6 heteroatoms. The number of furan rings is 1. The SMILES string of the molecule is COc1cc(NC(=O)c2ccc(Cc3cc4c(cc3C)C(C)(C)CCC4(C)C)o2)cc(OC)c1OC. The topological polar surface area (TPSA) is 69.9 Å². The standard InChI is InChI=1S/C30H37NO5/c1-18-13-22-23(30(4,5)12-11-29(22,2)3)15-19(18)14-21-9-10-24(36-21)28(32)31-20-16-25(33-6)27(35-8)26(17-20)34-7/h9-10,13,15-17H,11-12,14H2,1-8H3,(H,31,32). The quantitative estimate of drug-likeness (QED) is 0.393. The van der Waals surface area contributed by atoms with E-state index in [9.17, 15) is 4.79 Å². The molecule has 0 fully saturated rings. The average molecular weight is 492 g/mol. The Balaban J connectivity index is 1.56. The Labute approximate surface area is 213 Å². The van der Waals surface area contributed by atoms with Crippen molar-refractivity contribution < 1.29 is 23.4 Å². The first-order chi connectivity index (χ1) is 17.0.